The molecule has 0 spiro atoms. The largest absolute Gasteiger partial charge is 0.494 e. The van der Waals surface area contributed by atoms with Crippen LogP contribution in [0.1, 0.15) is 58.6 Å². The smallest absolute Gasteiger partial charge is 0.122 e. The fourth-order valence-electron chi connectivity index (χ4n) is 2.50. The Balaban J connectivity index is 2.58. The fourth-order valence-corrected chi connectivity index (χ4v) is 2.50. The molecule has 2 nitrogen and oxygen atoms in total. The van der Waals surface area contributed by atoms with Gasteiger partial charge in [0.15, 0.2) is 0 Å². The number of rotatable bonds is 9. The van der Waals surface area contributed by atoms with Crippen molar-refractivity contribution in [1.29, 1.82) is 0 Å². The molecule has 0 aliphatic carbocycles. The molecular formula is C19H33NO. The Morgan fingerprint density at radius 2 is 1.90 bits per heavy atom. The lowest BCUT2D eigenvalue weighted by atomic mass is 9.83. The Morgan fingerprint density at radius 3 is 2.52 bits per heavy atom. The molecule has 0 unspecified atom stereocenters. The molecule has 0 fully saturated rings. The summed E-state index contributed by atoms with van der Waals surface area (Å²) in [6.45, 7) is 15.2. The van der Waals surface area contributed by atoms with Gasteiger partial charge in [0.05, 0.1) is 6.61 Å². The van der Waals surface area contributed by atoms with Crippen molar-refractivity contribution >= 4 is 0 Å². The lowest BCUT2D eigenvalue weighted by molar-refractivity contribution is 0.293. The zero-order chi connectivity index (χ0) is 15.9. The summed E-state index contributed by atoms with van der Waals surface area (Å²) in [4.78, 5) is 0. The van der Waals surface area contributed by atoms with Crippen LogP contribution in [-0.2, 0) is 6.42 Å². The van der Waals surface area contributed by atoms with Crippen LogP contribution in [-0.4, -0.2) is 19.2 Å². The van der Waals surface area contributed by atoms with Crippen LogP contribution in [0.25, 0.3) is 0 Å². The van der Waals surface area contributed by atoms with Crippen molar-refractivity contribution in [2.75, 3.05) is 13.2 Å². The molecule has 1 N–H and O–H groups in total. The number of hydrogen-bond acceptors (Lipinski definition) is 2. The van der Waals surface area contributed by atoms with E-state index in [9.17, 15) is 0 Å². The first kappa shape index (κ1) is 18.0. The minimum atomic E-state index is 0.356. The third-order valence-corrected chi connectivity index (χ3v) is 3.94. The zero-order valence-corrected chi connectivity index (χ0v) is 14.8. The topological polar surface area (TPSA) is 21.3 Å². The van der Waals surface area contributed by atoms with E-state index in [1.165, 1.54) is 24.0 Å². The Kier molecular flexibility index (Phi) is 7.24. The standard InChI is InChI=1S/C19H33NO/c1-7-21-18-9-8-16(4)14-17(18)10-11-19(5,6)12-13-20-15(2)3/h8-9,14-15,20H,7,10-13H2,1-6H3. The average Bonchev–Trinajstić information content (AvgIpc) is 2.38. The lowest BCUT2D eigenvalue weighted by Crippen LogP contribution is -2.28. The van der Waals surface area contributed by atoms with Crippen LogP contribution in [0.15, 0.2) is 18.2 Å². The number of aryl methyl sites for hydroxylation is 2. The van der Waals surface area contributed by atoms with E-state index >= 15 is 0 Å². The summed E-state index contributed by atoms with van der Waals surface area (Å²) in [5.74, 6) is 1.05. The fraction of sp³-hybridized carbons (Fsp3) is 0.684. The van der Waals surface area contributed by atoms with Crippen molar-refractivity contribution in [2.45, 2.75) is 66.8 Å². The summed E-state index contributed by atoms with van der Waals surface area (Å²) in [5.41, 5.74) is 3.02. The molecule has 2 heteroatoms. The van der Waals surface area contributed by atoms with E-state index in [2.05, 4.69) is 58.1 Å². The van der Waals surface area contributed by atoms with Crippen LogP contribution in [0.5, 0.6) is 5.75 Å². The average molecular weight is 291 g/mol. The molecule has 120 valence electrons. The second-order valence-corrected chi connectivity index (χ2v) is 7.07. The van der Waals surface area contributed by atoms with E-state index in [1.54, 1.807) is 0 Å². The third-order valence-electron chi connectivity index (χ3n) is 3.94. The van der Waals surface area contributed by atoms with Gasteiger partial charge in [-0.05, 0) is 56.7 Å². The molecule has 0 amide bonds. The van der Waals surface area contributed by atoms with Crippen molar-refractivity contribution in [3.63, 3.8) is 0 Å². The van der Waals surface area contributed by atoms with Gasteiger partial charge in [0.1, 0.15) is 5.75 Å². The highest BCUT2D eigenvalue weighted by Gasteiger charge is 2.18. The molecule has 0 saturated carbocycles. The van der Waals surface area contributed by atoms with Crippen LogP contribution in [0.4, 0.5) is 0 Å². The molecule has 0 aliphatic heterocycles. The van der Waals surface area contributed by atoms with Gasteiger partial charge >= 0.3 is 0 Å². The van der Waals surface area contributed by atoms with E-state index in [1.807, 2.05) is 6.92 Å². The van der Waals surface area contributed by atoms with Gasteiger partial charge in [-0.15, -0.1) is 0 Å². The van der Waals surface area contributed by atoms with E-state index in [0.29, 0.717) is 11.5 Å². The maximum Gasteiger partial charge on any atom is 0.122 e. The molecule has 0 aliphatic rings. The minimum Gasteiger partial charge on any atom is -0.494 e. The molecular weight excluding hydrogens is 258 g/mol. The zero-order valence-electron chi connectivity index (χ0n) is 14.8. The quantitative estimate of drug-likeness (QED) is 0.709. The van der Waals surface area contributed by atoms with Gasteiger partial charge in [-0.1, -0.05) is 45.4 Å². The van der Waals surface area contributed by atoms with Crippen molar-refractivity contribution in [3.8, 4) is 5.75 Å². The van der Waals surface area contributed by atoms with E-state index in [-0.39, 0.29) is 0 Å². The molecule has 0 radical (unpaired) electrons. The summed E-state index contributed by atoms with van der Waals surface area (Å²) < 4.78 is 5.76. The third kappa shape index (κ3) is 6.99. The highest BCUT2D eigenvalue weighted by atomic mass is 16.5. The van der Waals surface area contributed by atoms with Crippen molar-refractivity contribution < 1.29 is 4.74 Å². The summed E-state index contributed by atoms with van der Waals surface area (Å²) in [6, 6.07) is 7.09. The van der Waals surface area contributed by atoms with Crippen LogP contribution < -0.4 is 10.1 Å². The van der Waals surface area contributed by atoms with Gasteiger partial charge in [-0.2, -0.15) is 0 Å². The Bertz CT molecular complexity index is 424. The van der Waals surface area contributed by atoms with Crippen LogP contribution in [0.2, 0.25) is 0 Å². The van der Waals surface area contributed by atoms with E-state index in [4.69, 9.17) is 4.74 Å². The van der Waals surface area contributed by atoms with Crippen molar-refractivity contribution in [2.24, 2.45) is 5.41 Å². The number of ether oxygens (including phenoxy) is 1. The SMILES string of the molecule is CCOc1ccc(C)cc1CCC(C)(C)CCNC(C)C. The van der Waals surface area contributed by atoms with Gasteiger partial charge in [-0.3, -0.25) is 0 Å². The molecule has 0 saturated heterocycles. The van der Waals surface area contributed by atoms with E-state index in [0.717, 1.165) is 25.3 Å². The van der Waals surface area contributed by atoms with Gasteiger partial charge in [0.25, 0.3) is 0 Å². The second-order valence-electron chi connectivity index (χ2n) is 7.07. The van der Waals surface area contributed by atoms with Gasteiger partial charge < -0.3 is 10.1 Å². The number of hydrogen-bond donors (Lipinski definition) is 1. The molecule has 0 heterocycles. The molecule has 1 aromatic rings. The van der Waals surface area contributed by atoms with Gasteiger partial charge in [-0.25, -0.2) is 0 Å². The minimum absolute atomic E-state index is 0.356. The molecule has 0 bridgehead atoms. The monoisotopic (exact) mass is 291 g/mol. The predicted molar refractivity (Wildman–Crippen MR) is 92.2 cm³/mol. The van der Waals surface area contributed by atoms with Crippen LogP contribution in [0, 0.1) is 12.3 Å². The van der Waals surface area contributed by atoms with Crippen molar-refractivity contribution in [1.82, 2.24) is 5.32 Å². The lowest BCUT2D eigenvalue weighted by Gasteiger charge is -2.26. The van der Waals surface area contributed by atoms with Crippen LogP contribution in [0.3, 0.4) is 0 Å². The molecule has 1 aromatic carbocycles. The number of benzene rings is 1. The summed E-state index contributed by atoms with van der Waals surface area (Å²) >= 11 is 0. The van der Waals surface area contributed by atoms with Crippen LogP contribution >= 0.6 is 0 Å². The Morgan fingerprint density at radius 1 is 1.19 bits per heavy atom. The maximum atomic E-state index is 5.76. The summed E-state index contributed by atoms with van der Waals surface area (Å²) in [5, 5.41) is 3.52. The molecule has 21 heavy (non-hydrogen) atoms. The Hall–Kier alpha value is -1.02. The first-order valence-electron chi connectivity index (χ1n) is 8.30. The number of nitrogens with one attached hydrogen (secondary N) is 1. The normalized spacial score (nSPS) is 12.0. The highest BCUT2D eigenvalue weighted by Crippen LogP contribution is 2.30. The molecule has 0 aromatic heterocycles. The summed E-state index contributed by atoms with van der Waals surface area (Å²) in [7, 11) is 0. The van der Waals surface area contributed by atoms with Crippen molar-refractivity contribution in [3.05, 3.63) is 29.3 Å². The second kappa shape index (κ2) is 8.43. The first-order chi connectivity index (χ1) is 9.84. The summed E-state index contributed by atoms with van der Waals surface area (Å²) in [6.07, 6.45) is 3.49. The molecule has 1 rings (SSSR count). The Labute approximate surface area is 131 Å². The van der Waals surface area contributed by atoms with E-state index < -0.39 is 0 Å². The van der Waals surface area contributed by atoms with Gasteiger partial charge in [0, 0.05) is 6.04 Å². The first-order valence-corrected chi connectivity index (χ1v) is 8.30. The maximum absolute atomic E-state index is 5.76. The highest BCUT2D eigenvalue weighted by molar-refractivity contribution is 5.37. The molecule has 0 atom stereocenters. The predicted octanol–water partition coefficient (Wildman–Crippen LogP) is 4.74. The van der Waals surface area contributed by atoms with Gasteiger partial charge in [0.2, 0.25) is 0 Å².